The highest BCUT2D eigenvalue weighted by Gasteiger charge is 2.11. The third kappa shape index (κ3) is 3.05. The summed E-state index contributed by atoms with van der Waals surface area (Å²) in [6.45, 7) is 0. The number of hydrogen-bond donors (Lipinski definition) is 1. The predicted octanol–water partition coefficient (Wildman–Crippen LogP) is 3.75. The van der Waals surface area contributed by atoms with Gasteiger partial charge in [-0.1, -0.05) is 29.8 Å². The maximum absolute atomic E-state index is 11.9. The Balaban J connectivity index is 2.23. The molecule has 1 aromatic carbocycles. The van der Waals surface area contributed by atoms with Crippen LogP contribution in [0, 0.1) is 0 Å². The third-order valence-electron chi connectivity index (χ3n) is 2.08. The van der Waals surface area contributed by atoms with Gasteiger partial charge in [-0.3, -0.25) is 4.79 Å². The van der Waals surface area contributed by atoms with Crippen LogP contribution in [0.2, 0.25) is 5.15 Å². The fourth-order valence-corrected chi connectivity index (χ4v) is 1.82. The van der Waals surface area contributed by atoms with Gasteiger partial charge in [0, 0.05) is 16.4 Å². The first kappa shape index (κ1) is 12.1. The Labute approximate surface area is 112 Å². The molecule has 1 N–H and O–H groups in total. The molecule has 2 aromatic rings. The lowest BCUT2D eigenvalue weighted by Gasteiger charge is -2.06. The number of nitrogens with one attached hydrogen (secondary N) is 1. The van der Waals surface area contributed by atoms with Gasteiger partial charge >= 0.3 is 0 Å². The van der Waals surface area contributed by atoms with Crippen molar-refractivity contribution >= 4 is 39.1 Å². The van der Waals surface area contributed by atoms with Gasteiger partial charge < -0.3 is 5.32 Å². The SMILES string of the molecule is O=C(Nc1ccccc1)c1cc(Br)cnc1Cl. The van der Waals surface area contributed by atoms with E-state index in [0.29, 0.717) is 15.7 Å². The number of carbonyl (C=O) groups excluding carboxylic acids is 1. The summed E-state index contributed by atoms with van der Waals surface area (Å²) in [7, 11) is 0. The van der Waals surface area contributed by atoms with Crippen LogP contribution in [0.25, 0.3) is 0 Å². The van der Waals surface area contributed by atoms with E-state index in [-0.39, 0.29) is 11.1 Å². The summed E-state index contributed by atoms with van der Waals surface area (Å²) in [4.78, 5) is 15.8. The highest BCUT2D eigenvalue weighted by Crippen LogP contribution is 2.19. The van der Waals surface area contributed by atoms with Gasteiger partial charge in [-0.15, -0.1) is 0 Å². The van der Waals surface area contributed by atoms with Crippen LogP contribution >= 0.6 is 27.5 Å². The van der Waals surface area contributed by atoms with Crippen molar-refractivity contribution < 1.29 is 4.79 Å². The molecule has 5 heteroatoms. The molecule has 0 bridgehead atoms. The van der Waals surface area contributed by atoms with Crippen molar-refractivity contribution in [1.29, 1.82) is 0 Å². The summed E-state index contributed by atoms with van der Waals surface area (Å²) in [6, 6.07) is 10.8. The molecule has 17 heavy (non-hydrogen) atoms. The zero-order valence-corrected chi connectivity index (χ0v) is 11.0. The van der Waals surface area contributed by atoms with Crippen LogP contribution in [-0.2, 0) is 0 Å². The molecule has 0 radical (unpaired) electrons. The number of carbonyl (C=O) groups is 1. The van der Waals surface area contributed by atoms with Crippen molar-refractivity contribution in [3.63, 3.8) is 0 Å². The molecule has 2 rings (SSSR count). The number of hydrogen-bond acceptors (Lipinski definition) is 2. The maximum Gasteiger partial charge on any atom is 0.258 e. The Kier molecular flexibility index (Phi) is 3.76. The van der Waals surface area contributed by atoms with Crippen molar-refractivity contribution in [1.82, 2.24) is 4.98 Å². The Morgan fingerprint density at radius 2 is 2.00 bits per heavy atom. The number of para-hydroxylation sites is 1. The van der Waals surface area contributed by atoms with Crippen LogP contribution < -0.4 is 5.32 Å². The molecule has 0 aliphatic heterocycles. The summed E-state index contributed by atoms with van der Waals surface area (Å²) in [5.41, 5.74) is 1.05. The van der Waals surface area contributed by atoms with Gasteiger partial charge in [-0.05, 0) is 34.1 Å². The second kappa shape index (κ2) is 5.29. The number of aromatic nitrogens is 1. The number of rotatable bonds is 2. The quantitative estimate of drug-likeness (QED) is 0.858. The average molecular weight is 312 g/mol. The van der Waals surface area contributed by atoms with Gasteiger partial charge in [0.05, 0.1) is 5.56 Å². The Morgan fingerprint density at radius 1 is 1.29 bits per heavy atom. The van der Waals surface area contributed by atoms with E-state index in [1.54, 1.807) is 24.4 Å². The van der Waals surface area contributed by atoms with Crippen LogP contribution in [0.4, 0.5) is 5.69 Å². The Bertz CT molecular complexity index is 545. The first-order valence-corrected chi connectivity index (χ1v) is 6.01. The standard InChI is InChI=1S/C12H8BrClN2O/c13-8-6-10(11(14)15-7-8)12(17)16-9-4-2-1-3-5-9/h1-7H,(H,16,17). The number of amides is 1. The average Bonchev–Trinajstić information content (AvgIpc) is 2.33. The number of anilines is 1. The van der Waals surface area contributed by atoms with Crippen molar-refractivity contribution in [2.75, 3.05) is 5.32 Å². The minimum Gasteiger partial charge on any atom is -0.322 e. The van der Waals surface area contributed by atoms with Crippen LogP contribution in [0.1, 0.15) is 10.4 Å². The maximum atomic E-state index is 11.9. The molecule has 0 atom stereocenters. The van der Waals surface area contributed by atoms with E-state index in [4.69, 9.17) is 11.6 Å². The molecular formula is C12H8BrClN2O. The predicted molar refractivity (Wildman–Crippen MR) is 71.3 cm³/mol. The minimum atomic E-state index is -0.282. The van der Waals surface area contributed by atoms with Crippen molar-refractivity contribution in [2.24, 2.45) is 0 Å². The number of halogens is 2. The summed E-state index contributed by atoms with van der Waals surface area (Å²) >= 11 is 9.11. The molecule has 0 saturated carbocycles. The molecular weight excluding hydrogens is 304 g/mol. The van der Waals surface area contributed by atoms with Crippen LogP contribution in [0.5, 0.6) is 0 Å². The lowest BCUT2D eigenvalue weighted by Crippen LogP contribution is -2.12. The van der Waals surface area contributed by atoms with E-state index in [0.717, 1.165) is 0 Å². The molecule has 0 aliphatic carbocycles. The molecule has 3 nitrogen and oxygen atoms in total. The van der Waals surface area contributed by atoms with Gasteiger partial charge in [-0.25, -0.2) is 4.98 Å². The van der Waals surface area contributed by atoms with E-state index in [1.807, 2.05) is 18.2 Å². The van der Waals surface area contributed by atoms with Gasteiger partial charge in [0.2, 0.25) is 0 Å². The Hall–Kier alpha value is -1.39. The molecule has 1 aromatic heterocycles. The van der Waals surface area contributed by atoms with Crippen molar-refractivity contribution in [3.05, 3.63) is 57.8 Å². The van der Waals surface area contributed by atoms with Crippen LogP contribution in [0.3, 0.4) is 0 Å². The van der Waals surface area contributed by atoms with Crippen LogP contribution in [0.15, 0.2) is 47.1 Å². The topological polar surface area (TPSA) is 42.0 Å². The number of nitrogens with zero attached hydrogens (tertiary/aromatic N) is 1. The van der Waals surface area contributed by atoms with E-state index in [2.05, 4.69) is 26.2 Å². The van der Waals surface area contributed by atoms with Gasteiger partial charge in [0.25, 0.3) is 5.91 Å². The monoisotopic (exact) mass is 310 g/mol. The first-order valence-electron chi connectivity index (χ1n) is 4.84. The fourth-order valence-electron chi connectivity index (χ4n) is 1.30. The summed E-state index contributed by atoms with van der Waals surface area (Å²) < 4.78 is 0.708. The second-order valence-corrected chi connectivity index (χ2v) is 4.59. The lowest BCUT2D eigenvalue weighted by atomic mass is 10.2. The molecule has 0 fully saturated rings. The largest absolute Gasteiger partial charge is 0.322 e. The van der Waals surface area contributed by atoms with Gasteiger partial charge in [0.15, 0.2) is 0 Å². The molecule has 0 saturated heterocycles. The molecule has 0 unspecified atom stereocenters. The minimum absolute atomic E-state index is 0.182. The second-order valence-electron chi connectivity index (χ2n) is 3.31. The van der Waals surface area contributed by atoms with E-state index in [1.165, 1.54) is 0 Å². The number of benzene rings is 1. The zero-order valence-electron chi connectivity index (χ0n) is 8.65. The van der Waals surface area contributed by atoms with Crippen LogP contribution in [-0.4, -0.2) is 10.9 Å². The highest BCUT2D eigenvalue weighted by molar-refractivity contribution is 9.10. The number of pyridine rings is 1. The van der Waals surface area contributed by atoms with Crippen molar-refractivity contribution in [2.45, 2.75) is 0 Å². The summed E-state index contributed by atoms with van der Waals surface area (Å²) in [6.07, 6.45) is 1.54. The van der Waals surface area contributed by atoms with Gasteiger partial charge in [0.1, 0.15) is 5.15 Å². The molecule has 0 aliphatic rings. The van der Waals surface area contributed by atoms with E-state index in [9.17, 15) is 4.79 Å². The Morgan fingerprint density at radius 3 is 2.71 bits per heavy atom. The first-order chi connectivity index (χ1) is 8.16. The molecule has 1 amide bonds. The smallest absolute Gasteiger partial charge is 0.258 e. The molecule has 1 heterocycles. The highest BCUT2D eigenvalue weighted by atomic mass is 79.9. The normalized spacial score (nSPS) is 10.0. The van der Waals surface area contributed by atoms with Crippen molar-refractivity contribution in [3.8, 4) is 0 Å². The molecule has 86 valence electrons. The van der Waals surface area contributed by atoms with Gasteiger partial charge in [-0.2, -0.15) is 0 Å². The zero-order chi connectivity index (χ0) is 12.3. The third-order valence-corrected chi connectivity index (χ3v) is 2.82. The molecule has 0 spiro atoms. The van der Waals surface area contributed by atoms with E-state index >= 15 is 0 Å². The summed E-state index contributed by atoms with van der Waals surface area (Å²) in [5, 5.41) is 2.92. The fraction of sp³-hybridized carbons (Fsp3) is 0. The van der Waals surface area contributed by atoms with E-state index < -0.39 is 0 Å². The lowest BCUT2D eigenvalue weighted by molar-refractivity contribution is 0.102. The summed E-state index contributed by atoms with van der Waals surface area (Å²) in [5.74, 6) is -0.282.